The Labute approximate surface area is 131 Å². The van der Waals surface area contributed by atoms with E-state index in [2.05, 4.69) is 48.0 Å². The zero-order chi connectivity index (χ0) is 15.0. The number of likely N-dealkylation sites (tertiary alicyclic amines) is 1. The quantitative estimate of drug-likeness (QED) is 0.863. The van der Waals surface area contributed by atoms with Crippen LogP contribution in [0.3, 0.4) is 0 Å². The predicted octanol–water partition coefficient (Wildman–Crippen LogP) is 3.51. The number of nitrogens with two attached hydrogens (primary N) is 1. The average molecular weight is 304 g/mol. The van der Waals surface area contributed by atoms with Crippen molar-refractivity contribution in [3.63, 3.8) is 0 Å². The van der Waals surface area contributed by atoms with Crippen LogP contribution in [0, 0.1) is 6.92 Å². The van der Waals surface area contributed by atoms with Gasteiger partial charge in [0.15, 0.2) is 0 Å². The molecule has 4 heteroatoms. The van der Waals surface area contributed by atoms with Gasteiger partial charge in [-0.2, -0.15) is 0 Å². The van der Waals surface area contributed by atoms with E-state index >= 15 is 0 Å². The molecule has 0 radical (unpaired) electrons. The maximum Gasteiger partial charge on any atom is 0.134 e. The molecular formula is C17H22ClN3. The van der Waals surface area contributed by atoms with Gasteiger partial charge in [0.2, 0.25) is 0 Å². The summed E-state index contributed by atoms with van der Waals surface area (Å²) >= 11 is 6.39. The molecule has 1 aliphatic rings. The van der Waals surface area contributed by atoms with Crippen molar-refractivity contribution in [1.29, 1.82) is 0 Å². The maximum absolute atomic E-state index is 6.39. The minimum Gasteiger partial charge on any atom is -0.328 e. The summed E-state index contributed by atoms with van der Waals surface area (Å²) in [6.07, 6.45) is 2.11. The van der Waals surface area contributed by atoms with E-state index in [1.807, 2.05) is 0 Å². The van der Waals surface area contributed by atoms with E-state index in [0.717, 1.165) is 42.4 Å². The van der Waals surface area contributed by atoms with Crippen molar-refractivity contribution in [3.05, 3.63) is 40.5 Å². The second kappa shape index (κ2) is 5.91. The second-order valence-corrected chi connectivity index (χ2v) is 6.60. The van der Waals surface area contributed by atoms with Crippen molar-refractivity contribution in [2.45, 2.75) is 45.3 Å². The molecule has 1 aliphatic heterocycles. The van der Waals surface area contributed by atoms with Gasteiger partial charge in [-0.15, -0.1) is 0 Å². The number of nitrogens with zero attached hydrogens (tertiary/aromatic N) is 2. The van der Waals surface area contributed by atoms with Crippen molar-refractivity contribution in [2.75, 3.05) is 6.54 Å². The van der Waals surface area contributed by atoms with Crippen LogP contribution >= 0.6 is 11.6 Å². The number of aromatic nitrogens is 1. The summed E-state index contributed by atoms with van der Waals surface area (Å²) in [7, 11) is 0. The van der Waals surface area contributed by atoms with E-state index in [9.17, 15) is 0 Å². The lowest BCUT2D eigenvalue weighted by atomic mass is 9.98. The van der Waals surface area contributed by atoms with Crippen LogP contribution in [0.1, 0.15) is 30.9 Å². The summed E-state index contributed by atoms with van der Waals surface area (Å²) in [5, 5.41) is 1.77. The normalized spacial score (nSPS) is 23.6. The number of rotatable bonds is 2. The lowest BCUT2D eigenvalue weighted by Crippen LogP contribution is -2.45. The van der Waals surface area contributed by atoms with Crippen molar-refractivity contribution in [3.8, 4) is 0 Å². The molecule has 2 N–H and O–H groups in total. The molecule has 1 saturated heterocycles. The van der Waals surface area contributed by atoms with Crippen LogP contribution < -0.4 is 5.73 Å². The van der Waals surface area contributed by atoms with Crippen LogP contribution in [-0.2, 0) is 6.54 Å². The molecule has 0 bridgehead atoms. The highest BCUT2D eigenvalue weighted by atomic mass is 35.5. The van der Waals surface area contributed by atoms with E-state index in [-0.39, 0.29) is 0 Å². The van der Waals surface area contributed by atoms with Gasteiger partial charge in [0.05, 0.1) is 5.52 Å². The van der Waals surface area contributed by atoms with E-state index in [1.165, 1.54) is 5.56 Å². The van der Waals surface area contributed by atoms with Gasteiger partial charge in [-0.05, 0) is 44.4 Å². The number of piperidine rings is 1. The summed E-state index contributed by atoms with van der Waals surface area (Å²) in [6, 6.07) is 9.32. The first-order valence-electron chi connectivity index (χ1n) is 7.58. The first-order valence-corrected chi connectivity index (χ1v) is 7.96. The fraction of sp³-hybridized carbons (Fsp3) is 0.471. The molecule has 3 rings (SSSR count). The molecule has 0 spiro atoms. The Morgan fingerprint density at radius 2 is 2.19 bits per heavy atom. The topological polar surface area (TPSA) is 42.1 Å². The summed E-state index contributed by atoms with van der Waals surface area (Å²) in [5.41, 5.74) is 9.32. The monoisotopic (exact) mass is 303 g/mol. The third-order valence-electron chi connectivity index (χ3n) is 4.43. The summed E-state index contributed by atoms with van der Waals surface area (Å²) in [4.78, 5) is 7.01. The first-order chi connectivity index (χ1) is 10.0. The highest BCUT2D eigenvalue weighted by Crippen LogP contribution is 2.25. The van der Waals surface area contributed by atoms with Gasteiger partial charge in [0.1, 0.15) is 5.15 Å². The highest BCUT2D eigenvalue weighted by Gasteiger charge is 2.23. The van der Waals surface area contributed by atoms with Gasteiger partial charge in [0.25, 0.3) is 0 Å². The van der Waals surface area contributed by atoms with Gasteiger partial charge in [0, 0.05) is 36.1 Å². The molecule has 0 amide bonds. The van der Waals surface area contributed by atoms with Crippen LogP contribution in [0.15, 0.2) is 24.3 Å². The minimum atomic E-state index is 0.337. The lowest BCUT2D eigenvalue weighted by molar-refractivity contribution is 0.140. The number of fused-ring (bicyclic) bond motifs is 1. The second-order valence-electron chi connectivity index (χ2n) is 6.24. The summed E-state index contributed by atoms with van der Waals surface area (Å²) < 4.78 is 0. The van der Waals surface area contributed by atoms with Gasteiger partial charge in [-0.25, -0.2) is 4.98 Å². The van der Waals surface area contributed by atoms with Crippen LogP contribution in [0.4, 0.5) is 0 Å². The summed E-state index contributed by atoms with van der Waals surface area (Å²) in [6.45, 7) is 6.19. The Morgan fingerprint density at radius 3 is 2.95 bits per heavy atom. The SMILES string of the molecule is Cc1ccc2cc(CN3CCC(N)CC3C)c(Cl)nc2c1. The fourth-order valence-corrected chi connectivity index (χ4v) is 3.32. The lowest BCUT2D eigenvalue weighted by Gasteiger charge is -2.36. The van der Waals surface area contributed by atoms with Crippen LogP contribution in [-0.4, -0.2) is 28.5 Å². The van der Waals surface area contributed by atoms with E-state index in [0.29, 0.717) is 17.2 Å². The van der Waals surface area contributed by atoms with Crippen molar-refractivity contribution < 1.29 is 0 Å². The van der Waals surface area contributed by atoms with Crippen LogP contribution in [0.25, 0.3) is 10.9 Å². The molecule has 1 aromatic heterocycles. The smallest absolute Gasteiger partial charge is 0.134 e. The molecule has 1 aromatic carbocycles. The van der Waals surface area contributed by atoms with Gasteiger partial charge >= 0.3 is 0 Å². The van der Waals surface area contributed by atoms with Crippen molar-refractivity contribution in [1.82, 2.24) is 9.88 Å². The molecule has 2 heterocycles. The molecule has 2 atom stereocenters. The minimum absolute atomic E-state index is 0.337. The number of pyridine rings is 1. The van der Waals surface area contributed by atoms with Gasteiger partial charge < -0.3 is 5.73 Å². The number of hydrogen-bond acceptors (Lipinski definition) is 3. The molecule has 0 aliphatic carbocycles. The molecule has 0 saturated carbocycles. The maximum atomic E-state index is 6.39. The third kappa shape index (κ3) is 3.20. The van der Waals surface area contributed by atoms with Crippen molar-refractivity contribution in [2.24, 2.45) is 5.73 Å². The Bertz CT molecular complexity index is 656. The van der Waals surface area contributed by atoms with Gasteiger partial charge in [-0.3, -0.25) is 4.90 Å². The molecule has 2 unspecified atom stereocenters. The molecule has 1 fully saturated rings. The number of benzene rings is 1. The predicted molar refractivity (Wildman–Crippen MR) is 88.6 cm³/mol. The summed E-state index contributed by atoms with van der Waals surface area (Å²) in [5.74, 6) is 0. The Kier molecular flexibility index (Phi) is 4.16. The average Bonchev–Trinajstić information content (AvgIpc) is 2.42. The fourth-order valence-electron chi connectivity index (χ4n) is 3.12. The van der Waals surface area contributed by atoms with E-state index < -0.39 is 0 Å². The molecular weight excluding hydrogens is 282 g/mol. The zero-order valence-electron chi connectivity index (χ0n) is 12.6. The number of aryl methyl sites for hydroxylation is 1. The molecule has 2 aromatic rings. The van der Waals surface area contributed by atoms with Crippen LogP contribution in [0.5, 0.6) is 0 Å². The molecule has 3 nitrogen and oxygen atoms in total. The van der Waals surface area contributed by atoms with E-state index in [4.69, 9.17) is 17.3 Å². The van der Waals surface area contributed by atoms with Gasteiger partial charge in [-0.1, -0.05) is 23.7 Å². The zero-order valence-corrected chi connectivity index (χ0v) is 13.4. The molecule has 112 valence electrons. The number of hydrogen-bond donors (Lipinski definition) is 1. The largest absolute Gasteiger partial charge is 0.328 e. The van der Waals surface area contributed by atoms with Crippen molar-refractivity contribution >= 4 is 22.5 Å². The standard InChI is InChI=1S/C17H22ClN3/c1-11-3-4-13-9-14(17(18)20-16(13)7-11)10-21-6-5-15(19)8-12(21)2/h3-4,7,9,12,15H,5-6,8,10,19H2,1-2H3. The Morgan fingerprint density at radius 1 is 1.38 bits per heavy atom. The Balaban J connectivity index is 1.87. The highest BCUT2D eigenvalue weighted by molar-refractivity contribution is 6.30. The first kappa shape index (κ1) is 14.8. The van der Waals surface area contributed by atoms with E-state index in [1.54, 1.807) is 0 Å². The molecule has 21 heavy (non-hydrogen) atoms. The third-order valence-corrected chi connectivity index (χ3v) is 4.75. The Hall–Kier alpha value is -1.16. The van der Waals surface area contributed by atoms with Crippen LogP contribution in [0.2, 0.25) is 5.15 Å². The number of halogens is 1.